The number of Topliss-reactive ketones (excluding diaryl/α,β-unsaturated/α-hetero) is 1. The lowest BCUT2D eigenvalue weighted by atomic mass is 9.81. The van der Waals surface area contributed by atoms with Crippen LogP contribution in [0, 0.1) is 23.2 Å². The molecule has 0 bridgehead atoms. The van der Waals surface area contributed by atoms with Crippen molar-refractivity contribution in [2.75, 3.05) is 32.0 Å². The summed E-state index contributed by atoms with van der Waals surface area (Å²) in [5.41, 5.74) is 3.10. The number of hydrogen-bond donors (Lipinski definition) is 0. The minimum absolute atomic E-state index is 0.0581. The number of carbonyl (C=O) groups excluding carboxylic acids is 1. The Morgan fingerprint density at radius 3 is 2.61 bits per heavy atom. The van der Waals surface area contributed by atoms with Gasteiger partial charge in [0.2, 0.25) is 0 Å². The second kappa shape index (κ2) is 13.9. The number of rotatable bonds is 14. The van der Waals surface area contributed by atoms with E-state index < -0.39 is 8.32 Å². The molecule has 5 atom stereocenters. The molecule has 4 nitrogen and oxygen atoms in total. The molecule has 0 N–H and O–H groups in total. The summed E-state index contributed by atoms with van der Waals surface area (Å²) in [6.07, 6.45) is 16.3. The molecule has 0 spiro atoms. The minimum atomic E-state index is -2.02. The van der Waals surface area contributed by atoms with Crippen LogP contribution in [0.15, 0.2) is 23.3 Å². The second-order valence-corrected chi connectivity index (χ2v) is 22.9. The molecule has 41 heavy (non-hydrogen) atoms. The summed E-state index contributed by atoms with van der Waals surface area (Å²) in [6, 6.07) is 0. The Bertz CT molecular complexity index is 964. The van der Waals surface area contributed by atoms with Crippen molar-refractivity contribution < 1.29 is 18.7 Å². The van der Waals surface area contributed by atoms with Crippen molar-refractivity contribution in [3.05, 3.63) is 23.3 Å². The van der Waals surface area contributed by atoms with Crippen LogP contribution >= 0.6 is 23.5 Å². The molecule has 7 heteroatoms. The van der Waals surface area contributed by atoms with E-state index in [2.05, 4.69) is 83.4 Å². The van der Waals surface area contributed by atoms with Gasteiger partial charge in [-0.1, -0.05) is 51.0 Å². The van der Waals surface area contributed by atoms with Crippen molar-refractivity contribution in [1.82, 2.24) is 0 Å². The number of carbonyl (C=O) groups is 1. The van der Waals surface area contributed by atoms with E-state index in [1.165, 1.54) is 42.8 Å². The van der Waals surface area contributed by atoms with Crippen molar-refractivity contribution in [1.29, 1.82) is 0 Å². The lowest BCUT2D eigenvalue weighted by Crippen LogP contribution is -2.47. The molecule has 0 radical (unpaired) electrons. The zero-order valence-corrected chi connectivity index (χ0v) is 29.9. The van der Waals surface area contributed by atoms with Gasteiger partial charge in [0.15, 0.2) is 8.32 Å². The van der Waals surface area contributed by atoms with Gasteiger partial charge in [-0.25, -0.2) is 0 Å². The van der Waals surface area contributed by atoms with E-state index in [0.29, 0.717) is 25.1 Å². The largest absolute Gasteiger partial charge is 0.413 e. The second-order valence-electron chi connectivity index (χ2n) is 14.9. The summed E-state index contributed by atoms with van der Waals surface area (Å²) in [4.78, 5) is 14.2. The highest BCUT2D eigenvalue weighted by atomic mass is 32.2. The third kappa shape index (κ3) is 7.97. The average molecular weight is 623 g/mol. The summed E-state index contributed by atoms with van der Waals surface area (Å²) in [7, 11) is -0.349. The Morgan fingerprint density at radius 2 is 1.93 bits per heavy atom. The first-order valence-electron chi connectivity index (χ1n) is 16.2. The maximum atomic E-state index is 14.2. The Hall–Kier alpha value is -0.0531. The van der Waals surface area contributed by atoms with Gasteiger partial charge >= 0.3 is 0 Å². The molecule has 1 saturated heterocycles. The number of thioether (sulfide) groups is 2. The van der Waals surface area contributed by atoms with E-state index in [-0.39, 0.29) is 32.5 Å². The van der Waals surface area contributed by atoms with Crippen LogP contribution in [-0.2, 0) is 18.7 Å². The lowest BCUT2D eigenvalue weighted by Gasteiger charge is -2.42. The molecule has 0 aromatic carbocycles. The number of ether oxygens (including phenoxy) is 2. The first kappa shape index (κ1) is 33.8. The number of fused-ring (bicyclic) bond motifs is 1. The third-order valence-corrected chi connectivity index (χ3v) is 18.9. The molecule has 234 valence electrons. The van der Waals surface area contributed by atoms with E-state index in [1.54, 1.807) is 12.7 Å². The molecule has 0 aromatic rings. The molecular weight excluding hydrogens is 565 g/mol. The lowest BCUT2D eigenvalue weighted by molar-refractivity contribution is -0.128. The van der Waals surface area contributed by atoms with Gasteiger partial charge in [0.1, 0.15) is 12.6 Å². The molecule has 4 rings (SSSR count). The van der Waals surface area contributed by atoms with Crippen LogP contribution < -0.4 is 0 Å². The van der Waals surface area contributed by atoms with Crippen LogP contribution in [0.5, 0.6) is 0 Å². The highest BCUT2D eigenvalue weighted by molar-refractivity contribution is 8.18. The van der Waals surface area contributed by atoms with Crippen LogP contribution in [0.1, 0.15) is 98.8 Å². The summed E-state index contributed by atoms with van der Waals surface area (Å²) in [5.74, 6) is 3.88. The SMILES string of the molecule is COCOC/C(C)=C/CCC1(CCC[C@H](O[Si](C)(C)C(C)(C)C)[C@@H]2CCC3=CCC[C@]4(C)[C@H](C2=O)[C@H]34)SCCCS1. The van der Waals surface area contributed by atoms with Crippen molar-refractivity contribution in [3.63, 3.8) is 0 Å². The molecule has 0 aromatic heterocycles. The van der Waals surface area contributed by atoms with Crippen LogP contribution in [0.25, 0.3) is 0 Å². The zero-order chi connectivity index (χ0) is 29.9. The summed E-state index contributed by atoms with van der Waals surface area (Å²) in [6.45, 7) is 17.3. The fourth-order valence-electron chi connectivity index (χ4n) is 7.40. The topological polar surface area (TPSA) is 44.8 Å². The van der Waals surface area contributed by atoms with E-state index in [4.69, 9.17) is 13.9 Å². The smallest absolute Gasteiger partial charge is 0.192 e. The van der Waals surface area contributed by atoms with Crippen molar-refractivity contribution >= 4 is 37.6 Å². The number of ketones is 1. The highest BCUT2D eigenvalue weighted by Crippen LogP contribution is 2.69. The Morgan fingerprint density at radius 1 is 1.20 bits per heavy atom. The van der Waals surface area contributed by atoms with Gasteiger partial charge in [-0.2, -0.15) is 0 Å². The summed E-state index contributed by atoms with van der Waals surface area (Å²) >= 11 is 4.37. The average Bonchev–Trinajstić information content (AvgIpc) is 3.58. The maximum absolute atomic E-state index is 14.2. The van der Waals surface area contributed by atoms with Gasteiger partial charge in [-0.3, -0.25) is 4.79 Å². The van der Waals surface area contributed by atoms with Gasteiger partial charge < -0.3 is 13.9 Å². The first-order valence-corrected chi connectivity index (χ1v) is 21.1. The monoisotopic (exact) mass is 622 g/mol. The van der Waals surface area contributed by atoms with Crippen LogP contribution in [0.3, 0.4) is 0 Å². The van der Waals surface area contributed by atoms with E-state index in [1.807, 2.05) is 0 Å². The standard InChI is InChI=1S/C34H58O4S2Si/c1-25(23-37-24-36-6)13-9-19-34(39-21-12-22-40-34)20-11-15-28(38-41(7,8)32(2,3)4)27-17-16-26-14-10-18-33(5)29(26)30(33)31(27)35/h13-14,27-30H,9-12,15-24H2,1-8H3/b25-13+/t27-,28-,29-,30-,33-/m0/s1. The van der Waals surface area contributed by atoms with E-state index in [9.17, 15) is 4.79 Å². The molecular formula is C34H58O4S2Si. The Labute approximate surface area is 261 Å². The predicted octanol–water partition coefficient (Wildman–Crippen LogP) is 9.41. The fraction of sp³-hybridized carbons (Fsp3) is 0.853. The van der Waals surface area contributed by atoms with Gasteiger partial charge in [-0.05, 0) is 112 Å². The first-order chi connectivity index (χ1) is 19.3. The Kier molecular flexibility index (Phi) is 11.5. The molecule has 0 amide bonds. The minimum Gasteiger partial charge on any atom is -0.413 e. The molecule has 4 aliphatic rings. The Balaban J connectivity index is 1.45. The number of methoxy groups -OCH3 is 1. The number of allylic oxidation sites excluding steroid dienone is 3. The van der Waals surface area contributed by atoms with Gasteiger partial charge in [0, 0.05) is 18.9 Å². The fourth-order valence-corrected chi connectivity index (χ4v) is 12.2. The molecule has 1 heterocycles. The molecule has 2 saturated carbocycles. The third-order valence-electron chi connectivity index (χ3n) is 10.9. The number of hydrogen-bond acceptors (Lipinski definition) is 6. The van der Waals surface area contributed by atoms with Crippen LogP contribution in [0.2, 0.25) is 18.1 Å². The van der Waals surface area contributed by atoms with Crippen molar-refractivity contribution in [3.8, 4) is 0 Å². The van der Waals surface area contributed by atoms with Crippen molar-refractivity contribution in [2.45, 2.75) is 127 Å². The molecule has 0 unspecified atom stereocenters. The molecule has 3 fully saturated rings. The molecule has 3 aliphatic carbocycles. The predicted molar refractivity (Wildman–Crippen MR) is 179 cm³/mol. The van der Waals surface area contributed by atoms with E-state index in [0.717, 1.165) is 38.5 Å². The van der Waals surface area contributed by atoms with Gasteiger partial charge in [0.05, 0.1) is 16.8 Å². The quantitative estimate of drug-likeness (QED) is 0.0832. The van der Waals surface area contributed by atoms with Gasteiger partial charge in [-0.15, -0.1) is 23.5 Å². The van der Waals surface area contributed by atoms with E-state index >= 15 is 0 Å². The maximum Gasteiger partial charge on any atom is 0.192 e. The van der Waals surface area contributed by atoms with Gasteiger partial charge in [0.25, 0.3) is 0 Å². The van der Waals surface area contributed by atoms with Crippen LogP contribution in [-0.4, -0.2) is 56.3 Å². The normalized spacial score (nSPS) is 30.8. The van der Waals surface area contributed by atoms with Crippen molar-refractivity contribution in [2.24, 2.45) is 23.2 Å². The van der Waals surface area contributed by atoms with Crippen LogP contribution in [0.4, 0.5) is 0 Å². The summed E-state index contributed by atoms with van der Waals surface area (Å²) < 4.78 is 18.1. The molecule has 1 aliphatic heterocycles. The highest BCUT2D eigenvalue weighted by Gasteiger charge is 2.68. The summed E-state index contributed by atoms with van der Waals surface area (Å²) in [5, 5.41) is 0.139. The zero-order valence-electron chi connectivity index (χ0n) is 27.3.